The van der Waals surface area contributed by atoms with Gasteiger partial charge < -0.3 is 4.90 Å². The van der Waals surface area contributed by atoms with Crippen LogP contribution in [0.25, 0.3) is 5.52 Å². The summed E-state index contributed by atoms with van der Waals surface area (Å²) in [5.41, 5.74) is 1.19. The average molecular weight is 255 g/mol. The van der Waals surface area contributed by atoms with E-state index in [1.165, 1.54) is 0 Å². The molecule has 96 valence electrons. The zero-order valence-corrected chi connectivity index (χ0v) is 10.4. The molecule has 19 heavy (non-hydrogen) atoms. The number of rotatable bonds is 1. The summed E-state index contributed by atoms with van der Waals surface area (Å²) in [6, 6.07) is 1.88. The zero-order valence-electron chi connectivity index (χ0n) is 10.4. The van der Waals surface area contributed by atoms with Crippen LogP contribution < -0.4 is 0 Å². The van der Waals surface area contributed by atoms with E-state index in [2.05, 4.69) is 16.2 Å². The second-order valence-corrected chi connectivity index (χ2v) is 4.60. The Balaban J connectivity index is 1.97. The van der Waals surface area contributed by atoms with Crippen molar-refractivity contribution in [2.75, 3.05) is 6.54 Å². The first-order valence-corrected chi connectivity index (χ1v) is 6.29. The molecule has 2 aromatic heterocycles. The molecule has 1 atom stereocenters. The van der Waals surface area contributed by atoms with Gasteiger partial charge in [0, 0.05) is 18.9 Å². The molecule has 0 spiro atoms. The first-order chi connectivity index (χ1) is 9.31. The van der Waals surface area contributed by atoms with Crippen molar-refractivity contribution >= 4 is 11.4 Å². The van der Waals surface area contributed by atoms with Crippen LogP contribution in [0.1, 0.15) is 29.6 Å². The number of piperidine rings is 1. The molecule has 0 aliphatic carbocycles. The van der Waals surface area contributed by atoms with Crippen LogP contribution in [0.4, 0.5) is 0 Å². The number of carbonyl (C=O) groups is 1. The Morgan fingerprint density at radius 3 is 3.16 bits per heavy atom. The monoisotopic (exact) mass is 255 g/mol. The number of nitriles is 1. The number of nitrogens with zero attached hydrogens (tertiary/aromatic N) is 5. The molecule has 0 saturated carbocycles. The molecule has 1 aliphatic rings. The maximum atomic E-state index is 12.5. The van der Waals surface area contributed by atoms with Crippen molar-refractivity contribution < 1.29 is 4.79 Å². The standard InChI is InChI=1S/C13H13N5O/c14-7-10-3-1-2-5-17(10)13(19)11-8-16-18-6-4-15-9-12(11)18/h4,6,8-10H,1-3,5H2. The average Bonchev–Trinajstić information content (AvgIpc) is 2.90. The summed E-state index contributed by atoms with van der Waals surface area (Å²) in [5, 5.41) is 13.3. The van der Waals surface area contributed by atoms with E-state index >= 15 is 0 Å². The van der Waals surface area contributed by atoms with Crippen molar-refractivity contribution in [2.24, 2.45) is 0 Å². The Morgan fingerprint density at radius 2 is 2.32 bits per heavy atom. The Morgan fingerprint density at radius 1 is 1.42 bits per heavy atom. The lowest BCUT2D eigenvalue weighted by molar-refractivity contribution is 0.0672. The summed E-state index contributed by atoms with van der Waals surface area (Å²) in [7, 11) is 0. The van der Waals surface area contributed by atoms with E-state index in [-0.39, 0.29) is 11.9 Å². The summed E-state index contributed by atoms with van der Waals surface area (Å²) >= 11 is 0. The van der Waals surface area contributed by atoms with Gasteiger partial charge in [-0.25, -0.2) is 4.52 Å². The van der Waals surface area contributed by atoms with E-state index in [1.54, 1.807) is 34.2 Å². The van der Waals surface area contributed by atoms with E-state index in [0.717, 1.165) is 19.3 Å². The summed E-state index contributed by atoms with van der Waals surface area (Å²) < 4.78 is 1.62. The van der Waals surface area contributed by atoms with Gasteiger partial charge in [0.25, 0.3) is 5.91 Å². The molecule has 3 rings (SSSR count). The van der Waals surface area contributed by atoms with Crippen LogP contribution in [-0.4, -0.2) is 38.0 Å². The molecule has 3 heterocycles. The Kier molecular flexibility index (Phi) is 2.88. The summed E-state index contributed by atoms with van der Waals surface area (Å²) in [6.45, 7) is 0.634. The molecule has 2 aromatic rings. The van der Waals surface area contributed by atoms with Gasteiger partial charge in [0.05, 0.1) is 29.5 Å². The van der Waals surface area contributed by atoms with Crippen molar-refractivity contribution in [2.45, 2.75) is 25.3 Å². The maximum absolute atomic E-state index is 12.5. The van der Waals surface area contributed by atoms with E-state index < -0.39 is 0 Å². The molecule has 0 radical (unpaired) electrons. The number of fused-ring (bicyclic) bond motifs is 1. The van der Waals surface area contributed by atoms with E-state index in [4.69, 9.17) is 5.26 Å². The van der Waals surface area contributed by atoms with Gasteiger partial charge in [0.2, 0.25) is 0 Å². The fourth-order valence-electron chi connectivity index (χ4n) is 2.46. The van der Waals surface area contributed by atoms with Gasteiger partial charge in [-0.3, -0.25) is 9.78 Å². The van der Waals surface area contributed by atoms with Crippen LogP contribution in [0.3, 0.4) is 0 Å². The summed E-state index contributed by atoms with van der Waals surface area (Å²) in [4.78, 5) is 18.2. The maximum Gasteiger partial charge on any atom is 0.258 e. The third kappa shape index (κ3) is 1.93. The van der Waals surface area contributed by atoms with E-state index in [9.17, 15) is 4.79 Å². The van der Waals surface area contributed by atoms with Gasteiger partial charge in [0.15, 0.2) is 0 Å². The number of carbonyl (C=O) groups excluding carboxylic acids is 1. The lowest BCUT2D eigenvalue weighted by Gasteiger charge is -2.31. The Hall–Kier alpha value is -2.42. The highest BCUT2D eigenvalue weighted by atomic mass is 16.2. The topological polar surface area (TPSA) is 74.3 Å². The molecule has 1 saturated heterocycles. The minimum absolute atomic E-state index is 0.130. The van der Waals surface area contributed by atoms with Gasteiger partial charge in [-0.1, -0.05) is 0 Å². The third-order valence-electron chi connectivity index (χ3n) is 3.47. The Bertz CT molecular complexity index is 656. The molecule has 1 amide bonds. The van der Waals surface area contributed by atoms with Gasteiger partial charge in [-0.2, -0.15) is 10.4 Å². The second kappa shape index (κ2) is 4.69. The molecule has 1 unspecified atom stereocenters. The highest BCUT2D eigenvalue weighted by molar-refractivity contribution is 6.00. The highest BCUT2D eigenvalue weighted by Crippen LogP contribution is 2.20. The molecule has 1 aliphatic heterocycles. The smallest absolute Gasteiger partial charge is 0.258 e. The van der Waals surface area contributed by atoms with Crippen LogP contribution in [-0.2, 0) is 0 Å². The number of hydrogen-bond donors (Lipinski definition) is 0. The molecule has 0 aromatic carbocycles. The van der Waals surface area contributed by atoms with Crippen molar-refractivity contribution in [3.05, 3.63) is 30.4 Å². The van der Waals surface area contributed by atoms with Crippen molar-refractivity contribution in [3.8, 4) is 6.07 Å². The SMILES string of the molecule is N#CC1CCCCN1C(=O)c1cnn2ccncc12. The molecular formula is C13H13N5O. The largest absolute Gasteiger partial charge is 0.322 e. The quantitative estimate of drug-likeness (QED) is 0.768. The van der Waals surface area contributed by atoms with Crippen LogP contribution in [0.2, 0.25) is 0 Å². The number of aromatic nitrogens is 3. The molecular weight excluding hydrogens is 242 g/mol. The lowest BCUT2D eigenvalue weighted by atomic mass is 10.0. The molecule has 0 N–H and O–H groups in total. The molecule has 6 heteroatoms. The minimum atomic E-state index is -0.326. The minimum Gasteiger partial charge on any atom is -0.322 e. The number of hydrogen-bond acceptors (Lipinski definition) is 4. The van der Waals surface area contributed by atoms with Gasteiger partial charge in [-0.05, 0) is 19.3 Å². The van der Waals surface area contributed by atoms with E-state index in [1.807, 2.05) is 0 Å². The summed E-state index contributed by atoms with van der Waals surface area (Å²) in [6.07, 6.45) is 9.17. The third-order valence-corrected chi connectivity index (χ3v) is 3.47. The normalized spacial score (nSPS) is 19.3. The van der Waals surface area contributed by atoms with Gasteiger partial charge in [-0.15, -0.1) is 0 Å². The molecule has 1 fully saturated rings. The van der Waals surface area contributed by atoms with Crippen LogP contribution in [0.5, 0.6) is 0 Å². The summed E-state index contributed by atoms with van der Waals surface area (Å²) in [5.74, 6) is -0.130. The first kappa shape index (κ1) is 11.7. The predicted octanol–water partition coefficient (Wildman–Crippen LogP) is 1.25. The van der Waals surface area contributed by atoms with E-state index in [0.29, 0.717) is 17.6 Å². The van der Waals surface area contributed by atoms with Crippen LogP contribution >= 0.6 is 0 Å². The number of likely N-dealkylation sites (tertiary alicyclic amines) is 1. The van der Waals surface area contributed by atoms with Gasteiger partial charge in [0.1, 0.15) is 6.04 Å². The van der Waals surface area contributed by atoms with Gasteiger partial charge >= 0.3 is 0 Å². The number of amides is 1. The van der Waals surface area contributed by atoms with Crippen molar-refractivity contribution in [3.63, 3.8) is 0 Å². The molecule has 6 nitrogen and oxygen atoms in total. The fraction of sp³-hybridized carbons (Fsp3) is 0.385. The lowest BCUT2D eigenvalue weighted by Crippen LogP contribution is -2.42. The van der Waals surface area contributed by atoms with Crippen molar-refractivity contribution in [1.82, 2.24) is 19.5 Å². The van der Waals surface area contributed by atoms with Crippen molar-refractivity contribution in [1.29, 1.82) is 5.26 Å². The fourth-order valence-corrected chi connectivity index (χ4v) is 2.46. The van der Waals surface area contributed by atoms with Crippen LogP contribution in [0.15, 0.2) is 24.8 Å². The van der Waals surface area contributed by atoms with Crippen LogP contribution in [0, 0.1) is 11.3 Å². The zero-order chi connectivity index (χ0) is 13.2. The molecule has 0 bridgehead atoms. The Labute approximate surface area is 110 Å². The highest BCUT2D eigenvalue weighted by Gasteiger charge is 2.28. The second-order valence-electron chi connectivity index (χ2n) is 4.60. The first-order valence-electron chi connectivity index (χ1n) is 6.29. The predicted molar refractivity (Wildman–Crippen MR) is 67.3 cm³/mol.